The van der Waals surface area contributed by atoms with Crippen molar-refractivity contribution in [3.05, 3.63) is 28.8 Å². The second-order valence-electron chi connectivity index (χ2n) is 4.89. The number of aliphatic hydroxyl groups is 1. The van der Waals surface area contributed by atoms with Crippen LogP contribution in [-0.4, -0.2) is 31.3 Å². The molecule has 0 unspecified atom stereocenters. The minimum Gasteiger partial charge on any atom is -0.396 e. The normalized spacial score (nSPS) is 14.8. The Labute approximate surface area is 114 Å². The molecule has 100 valence electrons. The minimum atomic E-state index is 0.223. The molecule has 0 aliphatic heterocycles. The van der Waals surface area contributed by atoms with Gasteiger partial charge in [-0.2, -0.15) is 0 Å². The first-order valence-corrected chi connectivity index (χ1v) is 6.93. The van der Waals surface area contributed by atoms with Gasteiger partial charge >= 0.3 is 0 Å². The van der Waals surface area contributed by atoms with E-state index in [4.69, 9.17) is 16.7 Å². The smallest absolute Gasteiger partial charge is 0.0471 e. The van der Waals surface area contributed by atoms with E-state index in [0.29, 0.717) is 6.04 Å². The Bertz CT molecular complexity index is 393. The van der Waals surface area contributed by atoms with Crippen LogP contribution >= 0.6 is 11.6 Å². The van der Waals surface area contributed by atoms with E-state index in [0.717, 1.165) is 35.8 Å². The van der Waals surface area contributed by atoms with Gasteiger partial charge in [0.1, 0.15) is 0 Å². The van der Waals surface area contributed by atoms with E-state index in [1.54, 1.807) is 0 Å². The van der Waals surface area contributed by atoms with E-state index in [2.05, 4.69) is 16.3 Å². The van der Waals surface area contributed by atoms with Crippen molar-refractivity contribution < 1.29 is 5.11 Å². The number of hydrogen-bond acceptors (Lipinski definition) is 3. The van der Waals surface area contributed by atoms with Gasteiger partial charge in [-0.25, -0.2) is 0 Å². The molecule has 1 aliphatic carbocycles. The maximum absolute atomic E-state index is 8.91. The van der Waals surface area contributed by atoms with Crippen LogP contribution in [0.3, 0.4) is 0 Å². The van der Waals surface area contributed by atoms with Crippen LogP contribution in [0.2, 0.25) is 5.02 Å². The number of benzene rings is 1. The number of rotatable bonds is 7. The van der Waals surface area contributed by atoms with Gasteiger partial charge in [0.15, 0.2) is 0 Å². The van der Waals surface area contributed by atoms with Crippen molar-refractivity contribution in [2.24, 2.45) is 0 Å². The Balaban J connectivity index is 2.08. The molecule has 1 fully saturated rings. The fourth-order valence-corrected chi connectivity index (χ4v) is 2.28. The lowest BCUT2D eigenvalue weighted by molar-refractivity contribution is 0.290. The van der Waals surface area contributed by atoms with Crippen LogP contribution in [-0.2, 0) is 6.54 Å². The summed E-state index contributed by atoms with van der Waals surface area (Å²) in [6, 6.07) is 6.69. The summed E-state index contributed by atoms with van der Waals surface area (Å²) >= 11 is 6.30. The summed E-state index contributed by atoms with van der Waals surface area (Å²) in [4.78, 5) is 2.16. The van der Waals surface area contributed by atoms with Crippen molar-refractivity contribution >= 4 is 17.3 Å². The minimum absolute atomic E-state index is 0.223. The Morgan fingerprint density at radius 2 is 2.22 bits per heavy atom. The lowest BCUT2D eigenvalue weighted by atomic mass is 10.1. The monoisotopic (exact) mass is 268 g/mol. The van der Waals surface area contributed by atoms with Gasteiger partial charge in [0.2, 0.25) is 0 Å². The van der Waals surface area contributed by atoms with Crippen molar-refractivity contribution in [2.45, 2.75) is 31.8 Å². The molecular weight excluding hydrogens is 248 g/mol. The first-order valence-electron chi connectivity index (χ1n) is 6.55. The highest BCUT2D eigenvalue weighted by Crippen LogP contribution is 2.28. The average Bonchev–Trinajstić information content (AvgIpc) is 3.18. The van der Waals surface area contributed by atoms with E-state index < -0.39 is 0 Å². The molecule has 18 heavy (non-hydrogen) atoms. The third-order valence-corrected chi connectivity index (χ3v) is 3.66. The molecule has 0 saturated heterocycles. The van der Waals surface area contributed by atoms with Crippen LogP contribution in [0.4, 0.5) is 5.69 Å². The predicted octanol–water partition coefficient (Wildman–Crippen LogP) is 2.41. The SMILES string of the molecule is CN(CCCO)c1cccc(Cl)c1CNC1CC1. The highest BCUT2D eigenvalue weighted by molar-refractivity contribution is 6.31. The lowest BCUT2D eigenvalue weighted by Crippen LogP contribution is -2.23. The van der Waals surface area contributed by atoms with E-state index in [9.17, 15) is 0 Å². The molecule has 1 saturated carbocycles. The zero-order chi connectivity index (χ0) is 13.0. The van der Waals surface area contributed by atoms with Gasteiger partial charge in [-0.1, -0.05) is 17.7 Å². The third-order valence-electron chi connectivity index (χ3n) is 3.30. The Kier molecular flexibility index (Phi) is 4.87. The summed E-state index contributed by atoms with van der Waals surface area (Å²) in [5.41, 5.74) is 2.32. The molecular formula is C14H21ClN2O. The quantitative estimate of drug-likeness (QED) is 0.797. The fraction of sp³-hybridized carbons (Fsp3) is 0.571. The summed E-state index contributed by atoms with van der Waals surface area (Å²) in [5, 5.41) is 13.2. The number of hydrogen-bond donors (Lipinski definition) is 2. The van der Waals surface area contributed by atoms with E-state index in [1.165, 1.54) is 12.8 Å². The standard InChI is InChI=1S/C14H21ClN2O/c1-17(8-3-9-18)14-5-2-4-13(15)12(14)10-16-11-6-7-11/h2,4-5,11,16,18H,3,6-10H2,1H3. The summed E-state index contributed by atoms with van der Waals surface area (Å²) in [6.07, 6.45) is 3.33. The fourth-order valence-electron chi connectivity index (χ4n) is 2.04. The predicted molar refractivity (Wildman–Crippen MR) is 76.3 cm³/mol. The van der Waals surface area contributed by atoms with Crippen LogP contribution in [0.5, 0.6) is 0 Å². The molecule has 0 atom stereocenters. The first-order chi connectivity index (χ1) is 8.72. The van der Waals surface area contributed by atoms with Gasteiger partial charge in [-0.05, 0) is 31.4 Å². The molecule has 0 amide bonds. The zero-order valence-corrected chi connectivity index (χ0v) is 11.6. The first kappa shape index (κ1) is 13.7. The molecule has 0 heterocycles. The van der Waals surface area contributed by atoms with Crippen LogP contribution in [0.1, 0.15) is 24.8 Å². The number of aliphatic hydroxyl groups excluding tert-OH is 1. The molecule has 1 aromatic carbocycles. The van der Waals surface area contributed by atoms with Gasteiger partial charge in [0.05, 0.1) is 0 Å². The molecule has 1 aromatic rings. The molecule has 3 nitrogen and oxygen atoms in total. The maximum atomic E-state index is 8.91. The van der Waals surface area contributed by atoms with Crippen molar-refractivity contribution in [3.8, 4) is 0 Å². The number of nitrogens with one attached hydrogen (secondary N) is 1. The van der Waals surface area contributed by atoms with Crippen molar-refractivity contribution in [3.63, 3.8) is 0 Å². The number of halogens is 1. The van der Waals surface area contributed by atoms with Crippen molar-refractivity contribution in [1.29, 1.82) is 0 Å². The molecule has 0 radical (unpaired) electrons. The zero-order valence-electron chi connectivity index (χ0n) is 10.8. The van der Waals surface area contributed by atoms with E-state index in [-0.39, 0.29) is 6.61 Å². The molecule has 2 N–H and O–H groups in total. The third kappa shape index (κ3) is 3.61. The molecule has 1 aliphatic rings. The maximum Gasteiger partial charge on any atom is 0.0471 e. The van der Waals surface area contributed by atoms with Crippen LogP contribution in [0, 0.1) is 0 Å². The summed E-state index contributed by atoms with van der Waals surface area (Å²) in [5.74, 6) is 0. The van der Waals surface area contributed by atoms with Crippen molar-refractivity contribution in [2.75, 3.05) is 25.1 Å². The average molecular weight is 269 g/mol. The Hall–Kier alpha value is -0.770. The van der Waals surface area contributed by atoms with Gasteiger partial charge in [-0.3, -0.25) is 0 Å². The molecule has 0 bridgehead atoms. The largest absolute Gasteiger partial charge is 0.396 e. The van der Waals surface area contributed by atoms with Crippen LogP contribution < -0.4 is 10.2 Å². The van der Waals surface area contributed by atoms with E-state index in [1.807, 2.05) is 19.2 Å². The molecule has 0 aromatic heterocycles. The lowest BCUT2D eigenvalue weighted by Gasteiger charge is -2.23. The topological polar surface area (TPSA) is 35.5 Å². The molecule has 4 heteroatoms. The van der Waals surface area contributed by atoms with Gasteiger partial charge in [0.25, 0.3) is 0 Å². The molecule has 2 rings (SSSR count). The summed E-state index contributed by atoms with van der Waals surface area (Å²) in [7, 11) is 2.04. The molecule has 0 spiro atoms. The van der Waals surface area contributed by atoms with Gasteiger partial charge < -0.3 is 15.3 Å². The Morgan fingerprint density at radius 3 is 2.89 bits per heavy atom. The highest BCUT2D eigenvalue weighted by Gasteiger charge is 2.21. The number of anilines is 1. The van der Waals surface area contributed by atoms with Crippen LogP contribution in [0.25, 0.3) is 0 Å². The van der Waals surface area contributed by atoms with Crippen molar-refractivity contribution in [1.82, 2.24) is 5.32 Å². The second-order valence-corrected chi connectivity index (χ2v) is 5.30. The van der Waals surface area contributed by atoms with Crippen LogP contribution in [0.15, 0.2) is 18.2 Å². The second kappa shape index (κ2) is 6.41. The summed E-state index contributed by atoms with van der Waals surface area (Å²) in [6.45, 7) is 1.89. The van der Waals surface area contributed by atoms with E-state index >= 15 is 0 Å². The Morgan fingerprint density at radius 1 is 1.44 bits per heavy atom. The highest BCUT2D eigenvalue weighted by atomic mass is 35.5. The van der Waals surface area contributed by atoms with Gasteiger partial charge in [0, 0.05) is 49.1 Å². The summed E-state index contributed by atoms with van der Waals surface area (Å²) < 4.78 is 0. The number of nitrogens with zero attached hydrogens (tertiary/aromatic N) is 1. The van der Waals surface area contributed by atoms with Gasteiger partial charge in [-0.15, -0.1) is 0 Å².